The van der Waals surface area contributed by atoms with Crippen molar-refractivity contribution in [3.8, 4) is 0 Å². The van der Waals surface area contributed by atoms with Gasteiger partial charge in [0.2, 0.25) is 0 Å². The Bertz CT molecular complexity index is 837. The third kappa shape index (κ3) is 3.86. The minimum atomic E-state index is 0.715. The summed E-state index contributed by atoms with van der Waals surface area (Å²) >= 11 is 1.64. The van der Waals surface area contributed by atoms with E-state index in [4.69, 9.17) is 0 Å². The number of nitrogens with zero attached hydrogens (tertiary/aromatic N) is 5. The standard InChI is InChI=1S/C17H20N6S/c1-4-15-10-20-17(24-15)22-16-12(2)19-8-13(6-5-7-18-16)14-9-21-23(3)11-14/h5,7-11H,4,6H2,1-3H3,(H,18,20,22)/b7-5-,13-8+,19-12?. The molecule has 0 aromatic carbocycles. The highest BCUT2D eigenvalue weighted by Crippen LogP contribution is 2.20. The van der Waals surface area contributed by atoms with Crippen molar-refractivity contribution < 1.29 is 0 Å². The zero-order chi connectivity index (χ0) is 16.9. The summed E-state index contributed by atoms with van der Waals surface area (Å²) in [7, 11) is 1.91. The maximum atomic E-state index is 4.58. The molecular weight excluding hydrogens is 320 g/mol. The number of aromatic nitrogens is 3. The van der Waals surface area contributed by atoms with E-state index in [2.05, 4.69) is 32.3 Å². The molecule has 6 nitrogen and oxygen atoms in total. The lowest BCUT2D eigenvalue weighted by Crippen LogP contribution is -2.20. The van der Waals surface area contributed by atoms with Gasteiger partial charge in [-0.05, 0) is 25.3 Å². The van der Waals surface area contributed by atoms with Gasteiger partial charge in [0.15, 0.2) is 11.0 Å². The van der Waals surface area contributed by atoms with Gasteiger partial charge in [-0.15, -0.1) is 11.3 Å². The van der Waals surface area contributed by atoms with Gasteiger partial charge >= 0.3 is 0 Å². The molecule has 0 unspecified atom stereocenters. The molecule has 0 fully saturated rings. The van der Waals surface area contributed by atoms with Gasteiger partial charge in [0.1, 0.15) is 0 Å². The molecule has 0 amide bonds. The topological polar surface area (TPSA) is 67.5 Å². The molecule has 3 heterocycles. The van der Waals surface area contributed by atoms with Crippen LogP contribution in [0.3, 0.4) is 0 Å². The zero-order valence-electron chi connectivity index (χ0n) is 14.0. The second-order valence-electron chi connectivity index (χ2n) is 5.45. The van der Waals surface area contributed by atoms with Crippen LogP contribution < -0.4 is 5.32 Å². The van der Waals surface area contributed by atoms with Crippen molar-refractivity contribution >= 4 is 33.6 Å². The van der Waals surface area contributed by atoms with Crippen LogP contribution in [0.15, 0.2) is 47.1 Å². The van der Waals surface area contributed by atoms with E-state index in [0.29, 0.717) is 5.84 Å². The van der Waals surface area contributed by atoms with Gasteiger partial charge in [0.05, 0.1) is 11.9 Å². The Hall–Kier alpha value is -2.54. The van der Waals surface area contributed by atoms with Crippen molar-refractivity contribution in [2.45, 2.75) is 26.7 Å². The number of hydrogen-bond acceptors (Lipinski definition) is 6. The fourth-order valence-corrected chi connectivity index (χ4v) is 2.97. The first-order valence-corrected chi connectivity index (χ1v) is 8.64. The number of nitrogens with one attached hydrogen (secondary N) is 1. The number of aliphatic imine (C=N–C) groups is 2. The van der Waals surface area contributed by atoms with Gasteiger partial charge in [-0.25, -0.2) is 9.98 Å². The van der Waals surface area contributed by atoms with Crippen LogP contribution in [-0.2, 0) is 13.5 Å². The molecule has 1 N–H and O–H groups in total. The Morgan fingerprint density at radius 1 is 1.29 bits per heavy atom. The Balaban J connectivity index is 1.84. The Kier molecular flexibility index (Phi) is 5.00. The van der Waals surface area contributed by atoms with E-state index in [-0.39, 0.29) is 0 Å². The maximum Gasteiger partial charge on any atom is 0.188 e. The smallest absolute Gasteiger partial charge is 0.188 e. The van der Waals surface area contributed by atoms with Crippen LogP contribution in [0.25, 0.3) is 5.57 Å². The predicted molar refractivity (Wildman–Crippen MR) is 101 cm³/mol. The fourth-order valence-electron chi connectivity index (χ4n) is 2.22. The van der Waals surface area contributed by atoms with Crippen LogP contribution in [0.5, 0.6) is 0 Å². The summed E-state index contributed by atoms with van der Waals surface area (Å²) in [6.07, 6.45) is 13.2. The first-order valence-electron chi connectivity index (χ1n) is 7.83. The summed E-state index contributed by atoms with van der Waals surface area (Å²) in [5, 5.41) is 8.33. The normalized spacial score (nSPS) is 18.5. The molecule has 7 heteroatoms. The van der Waals surface area contributed by atoms with Gasteiger partial charge in [0.25, 0.3) is 0 Å². The van der Waals surface area contributed by atoms with Crippen LogP contribution in [-0.4, -0.2) is 26.3 Å². The minimum Gasteiger partial charge on any atom is -0.315 e. The molecule has 0 bridgehead atoms. The van der Waals surface area contributed by atoms with Gasteiger partial charge in [-0.2, -0.15) is 5.10 Å². The molecule has 3 rings (SSSR count). The third-order valence-electron chi connectivity index (χ3n) is 3.61. The van der Waals surface area contributed by atoms with Gasteiger partial charge in [-0.3, -0.25) is 9.67 Å². The molecule has 0 aliphatic carbocycles. The molecule has 24 heavy (non-hydrogen) atoms. The molecule has 1 aliphatic rings. The van der Waals surface area contributed by atoms with E-state index in [9.17, 15) is 0 Å². The highest BCUT2D eigenvalue weighted by Gasteiger charge is 2.09. The van der Waals surface area contributed by atoms with E-state index in [1.54, 1.807) is 16.0 Å². The molecule has 2 aromatic rings. The average Bonchev–Trinajstić information content (AvgIpc) is 3.21. The summed E-state index contributed by atoms with van der Waals surface area (Å²) in [6.45, 7) is 4.06. The molecule has 0 radical (unpaired) electrons. The van der Waals surface area contributed by atoms with E-state index >= 15 is 0 Å². The largest absolute Gasteiger partial charge is 0.315 e. The number of rotatable bonds is 3. The zero-order valence-corrected chi connectivity index (χ0v) is 14.8. The monoisotopic (exact) mass is 340 g/mol. The van der Waals surface area contributed by atoms with Crippen LogP contribution in [0.4, 0.5) is 5.13 Å². The lowest BCUT2D eigenvalue weighted by Gasteiger charge is -2.05. The van der Waals surface area contributed by atoms with Gasteiger partial charge in [0, 0.05) is 42.3 Å². The fraction of sp³-hybridized carbons (Fsp3) is 0.294. The molecule has 2 aromatic heterocycles. The predicted octanol–water partition coefficient (Wildman–Crippen LogP) is 3.67. The summed E-state index contributed by atoms with van der Waals surface area (Å²) in [4.78, 5) is 14.7. The minimum absolute atomic E-state index is 0.715. The number of aryl methyl sites for hydroxylation is 2. The Morgan fingerprint density at radius 2 is 2.17 bits per heavy atom. The summed E-state index contributed by atoms with van der Waals surface area (Å²) in [5.74, 6) is 0.715. The quantitative estimate of drug-likeness (QED) is 0.927. The van der Waals surface area contributed by atoms with Crippen molar-refractivity contribution in [1.82, 2.24) is 14.8 Å². The van der Waals surface area contributed by atoms with Crippen molar-refractivity contribution in [2.24, 2.45) is 17.0 Å². The number of anilines is 1. The lowest BCUT2D eigenvalue weighted by molar-refractivity contribution is 0.767. The summed E-state index contributed by atoms with van der Waals surface area (Å²) in [6, 6.07) is 0. The van der Waals surface area contributed by atoms with Crippen molar-refractivity contribution in [3.05, 3.63) is 47.5 Å². The number of hydrogen-bond donors (Lipinski definition) is 1. The Morgan fingerprint density at radius 3 is 2.88 bits per heavy atom. The molecule has 0 atom stereocenters. The van der Waals surface area contributed by atoms with Crippen LogP contribution in [0.2, 0.25) is 0 Å². The third-order valence-corrected chi connectivity index (χ3v) is 4.66. The summed E-state index contributed by atoms with van der Waals surface area (Å²) < 4.78 is 1.79. The van der Waals surface area contributed by atoms with E-state index in [1.165, 1.54) is 4.88 Å². The first kappa shape index (κ1) is 16.3. The molecule has 124 valence electrons. The van der Waals surface area contributed by atoms with Crippen molar-refractivity contribution in [1.29, 1.82) is 0 Å². The van der Waals surface area contributed by atoms with Crippen molar-refractivity contribution in [2.75, 3.05) is 5.32 Å². The van der Waals surface area contributed by atoms with E-state index in [0.717, 1.165) is 34.8 Å². The molecule has 0 saturated heterocycles. The van der Waals surface area contributed by atoms with Crippen LogP contribution >= 0.6 is 11.3 Å². The van der Waals surface area contributed by atoms with Crippen LogP contribution in [0.1, 0.15) is 30.7 Å². The molecule has 0 spiro atoms. The number of allylic oxidation sites excluding steroid dienone is 2. The van der Waals surface area contributed by atoms with Gasteiger partial charge < -0.3 is 5.32 Å². The Labute approximate surface area is 145 Å². The maximum absolute atomic E-state index is 4.58. The molecule has 0 saturated carbocycles. The van der Waals surface area contributed by atoms with Crippen molar-refractivity contribution in [3.63, 3.8) is 0 Å². The van der Waals surface area contributed by atoms with Crippen LogP contribution in [0, 0.1) is 0 Å². The number of amidine groups is 1. The second-order valence-corrected chi connectivity index (χ2v) is 6.56. The molecule has 1 aliphatic heterocycles. The average molecular weight is 340 g/mol. The summed E-state index contributed by atoms with van der Waals surface area (Å²) in [5.41, 5.74) is 3.00. The molecular formula is C17H20N6S. The SMILES string of the molecule is CCc1cnc(NC2=N/C=C\C/C(c3cnn(C)c3)=C\N=C2C)s1. The first-order chi connectivity index (χ1) is 11.7. The number of thiazole rings is 1. The van der Waals surface area contributed by atoms with E-state index < -0.39 is 0 Å². The van der Waals surface area contributed by atoms with E-state index in [1.807, 2.05) is 51.0 Å². The highest BCUT2D eigenvalue weighted by molar-refractivity contribution is 7.15. The lowest BCUT2D eigenvalue weighted by atomic mass is 10.1. The second kappa shape index (κ2) is 7.35. The van der Waals surface area contributed by atoms with Gasteiger partial charge in [-0.1, -0.05) is 13.0 Å². The highest BCUT2D eigenvalue weighted by atomic mass is 32.1.